The van der Waals surface area contributed by atoms with Crippen LogP contribution in [0.2, 0.25) is 0 Å². The minimum atomic E-state index is -0.939. The van der Waals surface area contributed by atoms with Crippen LogP contribution in [0, 0.1) is 6.92 Å². The largest absolute Gasteiger partial charge is 0.385 e. The maximum Gasteiger partial charge on any atom is 0.0924 e. The molecule has 0 saturated heterocycles. The molecule has 108 valence electrons. The second kappa shape index (κ2) is 6.00. The minimum absolute atomic E-state index is 0.513. The molecule has 1 aromatic heterocycles. The van der Waals surface area contributed by atoms with Crippen molar-refractivity contribution in [3.63, 3.8) is 0 Å². The second-order valence-electron chi connectivity index (χ2n) is 5.12. The lowest BCUT2D eigenvalue weighted by molar-refractivity contribution is 0.0551. The van der Waals surface area contributed by atoms with Crippen molar-refractivity contribution >= 4 is 31.9 Å². The van der Waals surface area contributed by atoms with Crippen molar-refractivity contribution in [2.24, 2.45) is 0 Å². The third kappa shape index (κ3) is 3.15. The normalized spacial score (nSPS) is 14.3. The molecular formula is C15H18Br2N2O. The number of nitrogens with zero attached hydrogens (tertiary/aromatic N) is 2. The Bertz CT molecular complexity index is 620. The number of aromatic nitrogens is 2. The van der Waals surface area contributed by atoms with Gasteiger partial charge in [0.2, 0.25) is 0 Å². The summed E-state index contributed by atoms with van der Waals surface area (Å²) in [6.45, 7) is 6.64. The minimum Gasteiger partial charge on any atom is -0.385 e. The fraction of sp³-hybridized carbons (Fsp3) is 0.400. The predicted octanol–water partition coefficient (Wildman–Crippen LogP) is 4.19. The standard InChI is InChI=1S/C15H18Br2N2O/c1-4-19-13(14(17)10(2)18-19)9-15(3,20)11-6-5-7-12(16)8-11/h5-8,20H,4,9H2,1-3H3. The number of benzene rings is 1. The number of hydrogen-bond acceptors (Lipinski definition) is 2. The van der Waals surface area contributed by atoms with Crippen LogP contribution in [-0.2, 0) is 18.6 Å². The van der Waals surface area contributed by atoms with Gasteiger partial charge in [-0.05, 0) is 54.4 Å². The van der Waals surface area contributed by atoms with Gasteiger partial charge in [0.15, 0.2) is 0 Å². The van der Waals surface area contributed by atoms with E-state index in [1.165, 1.54) is 0 Å². The van der Waals surface area contributed by atoms with Crippen LogP contribution in [0.5, 0.6) is 0 Å². The van der Waals surface area contributed by atoms with E-state index in [-0.39, 0.29) is 0 Å². The summed E-state index contributed by atoms with van der Waals surface area (Å²) in [7, 11) is 0. The average molecular weight is 402 g/mol. The Morgan fingerprint density at radius 3 is 2.65 bits per heavy atom. The van der Waals surface area contributed by atoms with Crippen molar-refractivity contribution in [3.05, 3.63) is 50.2 Å². The van der Waals surface area contributed by atoms with Gasteiger partial charge in [-0.2, -0.15) is 5.10 Å². The van der Waals surface area contributed by atoms with E-state index in [9.17, 15) is 5.11 Å². The maximum atomic E-state index is 10.8. The van der Waals surface area contributed by atoms with Gasteiger partial charge >= 0.3 is 0 Å². The molecule has 0 fully saturated rings. The molecule has 20 heavy (non-hydrogen) atoms. The number of halogens is 2. The Morgan fingerprint density at radius 1 is 1.35 bits per heavy atom. The van der Waals surface area contributed by atoms with E-state index in [0.717, 1.165) is 32.4 Å². The maximum absolute atomic E-state index is 10.8. The first-order chi connectivity index (χ1) is 9.35. The Hall–Kier alpha value is -0.650. The molecule has 0 aliphatic rings. The van der Waals surface area contributed by atoms with E-state index in [4.69, 9.17) is 0 Å². The molecule has 0 spiro atoms. The zero-order valence-electron chi connectivity index (χ0n) is 11.8. The zero-order valence-corrected chi connectivity index (χ0v) is 15.0. The Labute approximate surface area is 136 Å². The molecule has 1 N–H and O–H groups in total. The lowest BCUT2D eigenvalue weighted by atomic mass is 9.91. The average Bonchev–Trinajstić information content (AvgIpc) is 2.66. The van der Waals surface area contributed by atoms with Gasteiger partial charge in [-0.15, -0.1) is 0 Å². The lowest BCUT2D eigenvalue weighted by Crippen LogP contribution is -2.26. The molecule has 2 aromatic rings. The second-order valence-corrected chi connectivity index (χ2v) is 6.83. The highest BCUT2D eigenvalue weighted by atomic mass is 79.9. The molecule has 3 nitrogen and oxygen atoms in total. The molecule has 0 saturated carbocycles. The molecule has 0 aliphatic carbocycles. The van der Waals surface area contributed by atoms with Crippen molar-refractivity contribution in [3.8, 4) is 0 Å². The first-order valence-corrected chi connectivity index (χ1v) is 8.14. The molecule has 0 radical (unpaired) electrons. The van der Waals surface area contributed by atoms with Gasteiger partial charge < -0.3 is 5.11 Å². The predicted molar refractivity (Wildman–Crippen MR) is 87.8 cm³/mol. The van der Waals surface area contributed by atoms with Crippen LogP contribution in [0.15, 0.2) is 33.2 Å². The summed E-state index contributed by atoms with van der Waals surface area (Å²) in [5.41, 5.74) is 1.92. The van der Waals surface area contributed by atoms with E-state index in [1.807, 2.05) is 42.8 Å². The highest BCUT2D eigenvalue weighted by Gasteiger charge is 2.27. The van der Waals surface area contributed by atoms with Crippen molar-refractivity contribution in [2.45, 2.75) is 39.3 Å². The lowest BCUT2D eigenvalue weighted by Gasteiger charge is -2.24. The fourth-order valence-electron chi connectivity index (χ4n) is 2.29. The van der Waals surface area contributed by atoms with Crippen molar-refractivity contribution < 1.29 is 5.11 Å². The smallest absolute Gasteiger partial charge is 0.0924 e. The fourth-order valence-corrected chi connectivity index (χ4v) is 3.11. The number of hydrogen-bond donors (Lipinski definition) is 1. The summed E-state index contributed by atoms with van der Waals surface area (Å²) in [6.07, 6.45) is 0.513. The van der Waals surface area contributed by atoms with Gasteiger partial charge in [0.25, 0.3) is 0 Å². The van der Waals surface area contributed by atoms with E-state index < -0.39 is 5.60 Å². The molecule has 2 rings (SSSR count). The van der Waals surface area contributed by atoms with Crippen LogP contribution >= 0.6 is 31.9 Å². The van der Waals surface area contributed by atoms with Crippen LogP contribution in [0.25, 0.3) is 0 Å². The Morgan fingerprint density at radius 2 is 2.05 bits per heavy atom. The van der Waals surface area contributed by atoms with Gasteiger partial charge in [0.05, 0.1) is 21.5 Å². The van der Waals surface area contributed by atoms with Gasteiger partial charge in [-0.25, -0.2) is 0 Å². The van der Waals surface area contributed by atoms with Crippen molar-refractivity contribution in [1.82, 2.24) is 9.78 Å². The van der Waals surface area contributed by atoms with Crippen LogP contribution in [0.3, 0.4) is 0 Å². The summed E-state index contributed by atoms with van der Waals surface area (Å²) in [5, 5.41) is 15.3. The van der Waals surface area contributed by atoms with Crippen LogP contribution < -0.4 is 0 Å². The quantitative estimate of drug-likeness (QED) is 0.834. The van der Waals surface area contributed by atoms with Gasteiger partial charge in [0.1, 0.15) is 0 Å². The third-order valence-corrected chi connectivity index (χ3v) is 4.94. The molecule has 0 aliphatic heterocycles. The van der Waals surface area contributed by atoms with Gasteiger partial charge in [0, 0.05) is 17.4 Å². The first kappa shape index (κ1) is 15.7. The molecule has 5 heteroatoms. The number of aliphatic hydroxyl groups is 1. The molecular weight excluding hydrogens is 384 g/mol. The SMILES string of the molecule is CCn1nc(C)c(Br)c1CC(C)(O)c1cccc(Br)c1. The van der Waals surface area contributed by atoms with Crippen molar-refractivity contribution in [1.29, 1.82) is 0 Å². The first-order valence-electron chi connectivity index (χ1n) is 6.55. The topological polar surface area (TPSA) is 38.0 Å². The van der Waals surface area contributed by atoms with Gasteiger partial charge in [-0.1, -0.05) is 28.1 Å². The summed E-state index contributed by atoms with van der Waals surface area (Å²) in [6, 6.07) is 7.78. The summed E-state index contributed by atoms with van der Waals surface area (Å²) in [4.78, 5) is 0. The van der Waals surface area contributed by atoms with Crippen LogP contribution in [0.1, 0.15) is 30.8 Å². The zero-order chi connectivity index (χ0) is 14.9. The number of aryl methyl sites for hydroxylation is 2. The monoisotopic (exact) mass is 400 g/mol. The summed E-state index contributed by atoms with van der Waals surface area (Å²) in [5.74, 6) is 0. The van der Waals surface area contributed by atoms with Crippen molar-refractivity contribution in [2.75, 3.05) is 0 Å². The van der Waals surface area contributed by atoms with E-state index in [0.29, 0.717) is 6.42 Å². The molecule has 1 aromatic carbocycles. The molecule has 1 unspecified atom stereocenters. The summed E-state index contributed by atoms with van der Waals surface area (Å²) >= 11 is 7.03. The molecule has 0 amide bonds. The Balaban J connectivity index is 2.37. The highest BCUT2D eigenvalue weighted by Crippen LogP contribution is 2.31. The van der Waals surface area contributed by atoms with Gasteiger partial charge in [-0.3, -0.25) is 4.68 Å². The van der Waals surface area contributed by atoms with E-state index in [1.54, 1.807) is 0 Å². The van der Waals surface area contributed by atoms with E-state index in [2.05, 4.69) is 43.9 Å². The molecule has 1 atom stereocenters. The molecule has 1 heterocycles. The summed E-state index contributed by atoms with van der Waals surface area (Å²) < 4.78 is 3.88. The third-order valence-electron chi connectivity index (χ3n) is 3.41. The van der Waals surface area contributed by atoms with E-state index >= 15 is 0 Å². The highest BCUT2D eigenvalue weighted by molar-refractivity contribution is 9.10. The van der Waals surface area contributed by atoms with Crippen LogP contribution in [0.4, 0.5) is 0 Å². The molecule has 0 bridgehead atoms. The van der Waals surface area contributed by atoms with Crippen LogP contribution in [-0.4, -0.2) is 14.9 Å². The Kier molecular flexibility index (Phi) is 4.72. The number of rotatable bonds is 4.